The largest absolute Gasteiger partial charge is 0.313 e. The first-order chi connectivity index (χ1) is 7.54. The Morgan fingerprint density at radius 1 is 1.31 bits per heavy atom. The fourth-order valence-electron chi connectivity index (χ4n) is 1.71. The van der Waals surface area contributed by atoms with Gasteiger partial charge >= 0.3 is 0 Å². The second-order valence-corrected chi connectivity index (χ2v) is 5.75. The summed E-state index contributed by atoms with van der Waals surface area (Å²) in [7, 11) is 2.00. The maximum absolute atomic E-state index is 6.10. The fraction of sp³-hybridized carbons (Fsp3) is 0.538. The van der Waals surface area contributed by atoms with Crippen LogP contribution in [0.2, 0.25) is 5.02 Å². The van der Waals surface area contributed by atoms with Gasteiger partial charge in [0.25, 0.3) is 0 Å². The van der Waals surface area contributed by atoms with E-state index in [-0.39, 0.29) is 0 Å². The van der Waals surface area contributed by atoms with Gasteiger partial charge in [0, 0.05) is 10.5 Å². The zero-order valence-electron chi connectivity index (χ0n) is 10.1. The molecule has 0 aliphatic heterocycles. The van der Waals surface area contributed by atoms with Gasteiger partial charge in [0.2, 0.25) is 0 Å². The van der Waals surface area contributed by atoms with Gasteiger partial charge in [0.05, 0.1) is 5.02 Å². The summed E-state index contributed by atoms with van der Waals surface area (Å²) in [4.78, 5) is 0. The molecule has 1 unspecified atom stereocenters. The Bertz CT molecular complexity index is 339. The Kier molecular flexibility index (Phi) is 5.81. The molecule has 0 bridgehead atoms. The van der Waals surface area contributed by atoms with Gasteiger partial charge in [-0.15, -0.1) is 0 Å². The first-order valence-corrected chi connectivity index (χ1v) is 6.84. The maximum atomic E-state index is 6.10. The van der Waals surface area contributed by atoms with E-state index in [0.717, 1.165) is 21.8 Å². The summed E-state index contributed by atoms with van der Waals surface area (Å²) < 4.78 is 0.955. The molecule has 0 saturated heterocycles. The van der Waals surface area contributed by atoms with Gasteiger partial charge < -0.3 is 5.32 Å². The van der Waals surface area contributed by atoms with Gasteiger partial charge in [0.15, 0.2) is 0 Å². The highest BCUT2D eigenvalue weighted by Crippen LogP contribution is 2.28. The molecule has 1 aromatic carbocycles. The highest BCUT2D eigenvalue weighted by atomic mass is 79.9. The van der Waals surface area contributed by atoms with Crippen molar-refractivity contribution >= 4 is 27.5 Å². The summed E-state index contributed by atoms with van der Waals surface area (Å²) in [6, 6.07) is 6.56. The Morgan fingerprint density at radius 3 is 2.50 bits per heavy atom. The SMILES string of the molecule is CNC(CCC(C)C)c1ccc(Br)c(Cl)c1. The lowest BCUT2D eigenvalue weighted by Gasteiger charge is -2.18. The van der Waals surface area contributed by atoms with Gasteiger partial charge in [-0.2, -0.15) is 0 Å². The molecule has 1 atom stereocenters. The number of nitrogens with one attached hydrogen (secondary N) is 1. The van der Waals surface area contributed by atoms with E-state index in [1.165, 1.54) is 12.0 Å². The monoisotopic (exact) mass is 303 g/mol. The molecule has 1 nitrogen and oxygen atoms in total. The molecule has 0 radical (unpaired) electrons. The average molecular weight is 305 g/mol. The van der Waals surface area contributed by atoms with E-state index < -0.39 is 0 Å². The van der Waals surface area contributed by atoms with Crippen molar-refractivity contribution in [2.45, 2.75) is 32.7 Å². The van der Waals surface area contributed by atoms with Crippen molar-refractivity contribution in [2.24, 2.45) is 5.92 Å². The highest BCUT2D eigenvalue weighted by molar-refractivity contribution is 9.10. The van der Waals surface area contributed by atoms with Crippen LogP contribution in [-0.4, -0.2) is 7.05 Å². The first-order valence-electron chi connectivity index (χ1n) is 5.66. The standard InChI is InChI=1S/C13H19BrClN/c1-9(2)4-7-13(16-3)10-5-6-11(14)12(15)8-10/h5-6,8-9,13,16H,4,7H2,1-3H3. The van der Waals surface area contributed by atoms with Crippen molar-refractivity contribution in [1.82, 2.24) is 5.32 Å². The maximum Gasteiger partial charge on any atom is 0.0551 e. The smallest absolute Gasteiger partial charge is 0.0551 e. The molecule has 0 fully saturated rings. The topological polar surface area (TPSA) is 12.0 Å². The van der Waals surface area contributed by atoms with Gasteiger partial charge in [-0.1, -0.05) is 31.5 Å². The Hall–Kier alpha value is -0.0500. The van der Waals surface area contributed by atoms with Gasteiger partial charge in [-0.25, -0.2) is 0 Å². The molecule has 0 amide bonds. The zero-order chi connectivity index (χ0) is 12.1. The quantitative estimate of drug-likeness (QED) is 0.824. The second-order valence-electron chi connectivity index (χ2n) is 4.49. The van der Waals surface area contributed by atoms with E-state index >= 15 is 0 Å². The minimum absolute atomic E-state index is 0.396. The van der Waals surface area contributed by atoms with Crippen molar-refractivity contribution in [2.75, 3.05) is 7.05 Å². The molecule has 16 heavy (non-hydrogen) atoms. The summed E-state index contributed by atoms with van der Waals surface area (Å²) in [5, 5.41) is 4.13. The average Bonchev–Trinajstić information content (AvgIpc) is 2.23. The normalized spacial score (nSPS) is 13.1. The van der Waals surface area contributed by atoms with Crippen LogP contribution < -0.4 is 5.32 Å². The van der Waals surface area contributed by atoms with Crippen molar-refractivity contribution in [3.8, 4) is 0 Å². The molecule has 90 valence electrons. The lowest BCUT2D eigenvalue weighted by molar-refractivity contribution is 0.465. The van der Waals surface area contributed by atoms with E-state index in [4.69, 9.17) is 11.6 Å². The number of halogens is 2. The van der Waals surface area contributed by atoms with Crippen LogP contribution in [0.4, 0.5) is 0 Å². The van der Waals surface area contributed by atoms with Gasteiger partial charge in [0.1, 0.15) is 0 Å². The van der Waals surface area contributed by atoms with E-state index in [1.807, 2.05) is 19.2 Å². The summed E-state index contributed by atoms with van der Waals surface area (Å²) in [5.74, 6) is 0.738. The third kappa shape index (κ3) is 4.08. The predicted molar refractivity (Wildman–Crippen MR) is 75.0 cm³/mol. The molecule has 0 heterocycles. The molecule has 0 aliphatic carbocycles. The zero-order valence-corrected chi connectivity index (χ0v) is 12.4. The minimum atomic E-state index is 0.396. The summed E-state index contributed by atoms with van der Waals surface area (Å²) >= 11 is 9.51. The van der Waals surface area contributed by atoms with Crippen molar-refractivity contribution < 1.29 is 0 Å². The summed E-state index contributed by atoms with van der Waals surface area (Å²) in [5.41, 5.74) is 1.26. The molecule has 1 aromatic rings. The third-order valence-corrected chi connectivity index (χ3v) is 3.96. The first kappa shape index (κ1) is 14.0. The lowest BCUT2D eigenvalue weighted by Crippen LogP contribution is -2.16. The van der Waals surface area contributed by atoms with E-state index in [1.54, 1.807) is 0 Å². The summed E-state index contributed by atoms with van der Waals surface area (Å²) in [6.07, 6.45) is 2.37. The highest BCUT2D eigenvalue weighted by Gasteiger charge is 2.11. The van der Waals surface area contributed by atoms with Crippen LogP contribution in [0, 0.1) is 5.92 Å². The van der Waals surface area contributed by atoms with Crippen LogP contribution in [0.5, 0.6) is 0 Å². The molecule has 0 saturated carbocycles. The Balaban J connectivity index is 2.74. The van der Waals surface area contributed by atoms with Crippen LogP contribution in [0.25, 0.3) is 0 Å². The van der Waals surface area contributed by atoms with Gasteiger partial charge in [-0.05, 0) is 59.4 Å². The predicted octanol–water partition coefficient (Wildman–Crippen LogP) is 4.80. The fourth-order valence-corrected chi connectivity index (χ4v) is 2.14. The molecule has 1 rings (SSSR count). The van der Waals surface area contributed by atoms with Crippen LogP contribution in [0.15, 0.2) is 22.7 Å². The second kappa shape index (κ2) is 6.63. The van der Waals surface area contributed by atoms with E-state index in [2.05, 4.69) is 41.2 Å². The van der Waals surface area contributed by atoms with Crippen molar-refractivity contribution in [1.29, 1.82) is 0 Å². The molecule has 1 N–H and O–H groups in total. The van der Waals surface area contributed by atoms with Crippen LogP contribution >= 0.6 is 27.5 Å². The van der Waals surface area contributed by atoms with Crippen molar-refractivity contribution in [3.63, 3.8) is 0 Å². The van der Waals surface area contributed by atoms with Crippen LogP contribution in [0.3, 0.4) is 0 Å². The summed E-state index contributed by atoms with van der Waals surface area (Å²) in [6.45, 7) is 4.50. The van der Waals surface area contributed by atoms with E-state index in [9.17, 15) is 0 Å². The lowest BCUT2D eigenvalue weighted by atomic mass is 9.98. The molecule has 0 aliphatic rings. The number of benzene rings is 1. The van der Waals surface area contributed by atoms with Gasteiger partial charge in [-0.3, -0.25) is 0 Å². The third-order valence-electron chi connectivity index (χ3n) is 2.73. The Morgan fingerprint density at radius 2 is 2.00 bits per heavy atom. The Labute approximate surface area is 112 Å². The molecule has 3 heteroatoms. The van der Waals surface area contributed by atoms with Crippen LogP contribution in [0.1, 0.15) is 38.3 Å². The van der Waals surface area contributed by atoms with E-state index in [0.29, 0.717) is 6.04 Å². The number of rotatable bonds is 5. The number of hydrogen-bond acceptors (Lipinski definition) is 1. The molecule has 0 aromatic heterocycles. The molecule has 0 spiro atoms. The number of hydrogen-bond donors (Lipinski definition) is 1. The molecular weight excluding hydrogens is 286 g/mol. The minimum Gasteiger partial charge on any atom is -0.313 e. The molecular formula is C13H19BrClN. The van der Waals surface area contributed by atoms with Crippen molar-refractivity contribution in [3.05, 3.63) is 33.3 Å². The van der Waals surface area contributed by atoms with Crippen LogP contribution in [-0.2, 0) is 0 Å².